The number of carbonyl (C=O) groups is 1. The first kappa shape index (κ1) is 26.3. The van der Waals surface area contributed by atoms with Crippen molar-refractivity contribution in [3.63, 3.8) is 0 Å². The zero-order valence-corrected chi connectivity index (χ0v) is 21.0. The van der Waals surface area contributed by atoms with Crippen molar-refractivity contribution in [2.45, 2.75) is 69.4 Å². The Morgan fingerprint density at radius 1 is 1.00 bits per heavy atom. The quantitative estimate of drug-likeness (QED) is 0.527. The van der Waals surface area contributed by atoms with Gasteiger partial charge in [-0.05, 0) is 63.1 Å². The Bertz CT molecular complexity index is 1100. The molecule has 2 aromatic rings. The van der Waals surface area contributed by atoms with Gasteiger partial charge in [0.15, 0.2) is 0 Å². The van der Waals surface area contributed by atoms with E-state index in [-0.39, 0.29) is 29.7 Å². The number of nitrogens with zero attached hydrogens (tertiary/aromatic N) is 3. The van der Waals surface area contributed by atoms with Crippen LogP contribution in [0.15, 0.2) is 30.5 Å². The smallest absolute Gasteiger partial charge is 0.416 e. The fourth-order valence-corrected chi connectivity index (χ4v) is 4.85. The lowest BCUT2D eigenvalue weighted by atomic mass is 9.93. The monoisotopic (exact) mass is 535 g/mol. The second kappa shape index (κ2) is 11.6. The van der Waals surface area contributed by atoms with E-state index in [0.717, 1.165) is 38.1 Å². The Labute approximate surface area is 219 Å². The fourth-order valence-electron chi connectivity index (χ4n) is 4.85. The van der Waals surface area contributed by atoms with Crippen molar-refractivity contribution in [1.29, 1.82) is 0 Å². The maximum Gasteiger partial charge on any atom is 0.416 e. The number of alkyl halides is 3. The summed E-state index contributed by atoms with van der Waals surface area (Å²) >= 11 is 0. The van der Waals surface area contributed by atoms with Crippen molar-refractivity contribution in [3.8, 4) is 11.6 Å². The van der Waals surface area contributed by atoms with Crippen LogP contribution in [-0.4, -0.2) is 60.6 Å². The molecule has 5 rings (SSSR count). The number of anilines is 2. The van der Waals surface area contributed by atoms with Crippen LogP contribution in [0.25, 0.3) is 0 Å². The maximum absolute atomic E-state index is 13.2. The highest BCUT2D eigenvalue weighted by atomic mass is 19.4. The van der Waals surface area contributed by atoms with Crippen molar-refractivity contribution in [1.82, 2.24) is 15.3 Å². The summed E-state index contributed by atoms with van der Waals surface area (Å²) in [5, 5.41) is 5.41. The Balaban J connectivity index is 1.13. The number of benzene rings is 1. The van der Waals surface area contributed by atoms with Crippen LogP contribution in [0, 0.1) is 0 Å². The molecule has 1 saturated carbocycles. The molecule has 0 bridgehead atoms. The van der Waals surface area contributed by atoms with E-state index < -0.39 is 17.8 Å². The van der Waals surface area contributed by atoms with Crippen molar-refractivity contribution < 1.29 is 32.2 Å². The summed E-state index contributed by atoms with van der Waals surface area (Å²) in [6, 6.07) is 4.11. The number of halogens is 3. The topological polar surface area (TPSA) is 97.8 Å². The third-order valence-electron chi connectivity index (χ3n) is 7.01. The number of carbonyl (C=O) groups excluding carboxylic acids is 1. The normalized spacial score (nSPS) is 22.3. The molecule has 1 aliphatic carbocycles. The van der Waals surface area contributed by atoms with Gasteiger partial charge in [-0.3, -0.25) is 0 Å². The standard InChI is InChI=1S/C26H32F3N5O4/c27-26(28,29)17-4-9-22(37-20-15-36-16-20)21(14-17)32-25(35)31-18-5-7-19(8-6-18)38-23-10-11-30-24(33-23)34-12-2-1-3-13-34/h4,9-11,14,18-20H,1-3,5-8,12-13,15-16H2,(H2,31,32,35). The van der Waals surface area contributed by atoms with Gasteiger partial charge in [-0.2, -0.15) is 18.2 Å². The van der Waals surface area contributed by atoms with Gasteiger partial charge in [0.1, 0.15) is 18.0 Å². The van der Waals surface area contributed by atoms with Crippen LogP contribution in [0.1, 0.15) is 50.5 Å². The van der Waals surface area contributed by atoms with Gasteiger partial charge in [-0.25, -0.2) is 9.78 Å². The van der Waals surface area contributed by atoms with E-state index in [2.05, 4.69) is 25.5 Å². The van der Waals surface area contributed by atoms with Gasteiger partial charge in [0.25, 0.3) is 0 Å². The maximum atomic E-state index is 13.2. The highest BCUT2D eigenvalue weighted by Gasteiger charge is 2.32. The Morgan fingerprint density at radius 3 is 2.45 bits per heavy atom. The summed E-state index contributed by atoms with van der Waals surface area (Å²) in [4.78, 5) is 23.8. The van der Waals surface area contributed by atoms with Gasteiger partial charge in [0.2, 0.25) is 11.8 Å². The summed E-state index contributed by atoms with van der Waals surface area (Å²) in [6.45, 7) is 2.61. The molecule has 2 amide bonds. The van der Waals surface area contributed by atoms with Crippen molar-refractivity contribution in [2.24, 2.45) is 0 Å². The molecule has 0 atom stereocenters. The largest absolute Gasteiger partial charge is 0.483 e. The van der Waals surface area contributed by atoms with Crippen molar-refractivity contribution in [3.05, 3.63) is 36.0 Å². The van der Waals surface area contributed by atoms with Crippen LogP contribution in [0.5, 0.6) is 11.6 Å². The molecule has 0 unspecified atom stereocenters. The molecular weight excluding hydrogens is 503 g/mol. The summed E-state index contributed by atoms with van der Waals surface area (Å²) in [6.07, 6.45) is 3.17. The molecule has 206 valence electrons. The Morgan fingerprint density at radius 2 is 1.76 bits per heavy atom. The second-order valence-electron chi connectivity index (χ2n) is 9.92. The molecule has 0 radical (unpaired) electrons. The zero-order valence-electron chi connectivity index (χ0n) is 21.0. The highest BCUT2D eigenvalue weighted by Crippen LogP contribution is 2.36. The van der Waals surface area contributed by atoms with Crippen LogP contribution < -0.4 is 25.0 Å². The first-order chi connectivity index (χ1) is 18.3. The number of hydrogen-bond donors (Lipinski definition) is 2. The van der Waals surface area contributed by atoms with Gasteiger partial charge in [-0.1, -0.05) is 0 Å². The predicted octanol–water partition coefficient (Wildman–Crippen LogP) is 4.78. The number of urea groups is 1. The lowest BCUT2D eigenvalue weighted by Crippen LogP contribution is -2.42. The third-order valence-corrected chi connectivity index (χ3v) is 7.01. The molecule has 12 heteroatoms. The first-order valence-electron chi connectivity index (χ1n) is 13.1. The van der Waals surface area contributed by atoms with Gasteiger partial charge in [-0.15, -0.1) is 0 Å². The molecule has 9 nitrogen and oxygen atoms in total. The van der Waals surface area contributed by atoms with Gasteiger partial charge >= 0.3 is 12.2 Å². The second-order valence-corrected chi connectivity index (χ2v) is 9.92. The van der Waals surface area contributed by atoms with E-state index in [9.17, 15) is 18.0 Å². The molecule has 2 N–H and O–H groups in total. The van der Waals surface area contributed by atoms with E-state index in [1.165, 1.54) is 12.5 Å². The average molecular weight is 536 g/mol. The van der Waals surface area contributed by atoms with E-state index in [1.807, 2.05) is 0 Å². The SMILES string of the molecule is O=C(Nc1cc(C(F)(F)F)ccc1OC1COC1)NC1CCC(Oc2ccnc(N3CCCCC3)n2)CC1. The van der Waals surface area contributed by atoms with Crippen LogP contribution in [-0.2, 0) is 10.9 Å². The summed E-state index contributed by atoms with van der Waals surface area (Å²) in [7, 11) is 0. The molecule has 1 aromatic carbocycles. The molecular formula is C26H32F3N5O4. The van der Waals surface area contributed by atoms with E-state index in [0.29, 0.717) is 50.7 Å². The van der Waals surface area contributed by atoms with E-state index >= 15 is 0 Å². The number of piperidine rings is 1. The van der Waals surface area contributed by atoms with Crippen LogP contribution in [0.4, 0.5) is 29.6 Å². The highest BCUT2D eigenvalue weighted by molar-refractivity contribution is 5.91. The molecule has 2 aliphatic heterocycles. The molecule has 2 saturated heterocycles. The molecule has 0 spiro atoms. The molecule has 3 heterocycles. The van der Waals surface area contributed by atoms with Crippen molar-refractivity contribution >= 4 is 17.7 Å². The number of rotatable bonds is 7. The molecule has 3 aliphatic rings. The molecule has 38 heavy (non-hydrogen) atoms. The van der Waals surface area contributed by atoms with Crippen LogP contribution >= 0.6 is 0 Å². The van der Waals surface area contributed by atoms with Crippen LogP contribution in [0.3, 0.4) is 0 Å². The minimum absolute atomic E-state index is 0.0329. The van der Waals surface area contributed by atoms with E-state index in [4.69, 9.17) is 14.2 Å². The van der Waals surface area contributed by atoms with Gasteiger partial charge in [0, 0.05) is 31.4 Å². The minimum atomic E-state index is -4.54. The Hall–Kier alpha value is -3.28. The molecule has 1 aromatic heterocycles. The fraction of sp³-hybridized carbons (Fsp3) is 0.577. The first-order valence-corrected chi connectivity index (χ1v) is 13.1. The average Bonchev–Trinajstić information content (AvgIpc) is 2.88. The summed E-state index contributed by atoms with van der Waals surface area (Å²) in [5.74, 6) is 1.41. The summed E-state index contributed by atoms with van der Waals surface area (Å²) < 4.78 is 56.6. The lowest BCUT2D eigenvalue weighted by molar-refractivity contribution is -0.137. The van der Waals surface area contributed by atoms with Gasteiger partial charge < -0.3 is 29.7 Å². The van der Waals surface area contributed by atoms with E-state index in [1.54, 1.807) is 12.3 Å². The lowest BCUT2D eigenvalue weighted by Gasteiger charge is -2.30. The summed E-state index contributed by atoms with van der Waals surface area (Å²) in [5.41, 5.74) is -0.898. The number of nitrogens with one attached hydrogen (secondary N) is 2. The number of amides is 2. The predicted molar refractivity (Wildman–Crippen MR) is 134 cm³/mol. The number of ether oxygens (including phenoxy) is 3. The number of hydrogen-bond acceptors (Lipinski definition) is 7. The minimum Gasteiger partial charge on any atom is -0.483 e. The zero-order chi connectivity index (χ0) is 26.5. The van der Waals surface area contributed by atoms with Crippen molar-refractivity contribution in [2.75, 3.05) is 36.5 Å². The number of aromatic nitrogens is 2. The van der Waals surface area contributed by atoms with Crippen LogP contribution in [0.2, 0.25) is 0 Å². The Kier molecular flexibility index (Phi) is 8.06. The van der Waals surface area contributed by atoms with Gasteiger partial charge in [0.05, 0.1) is 24.5 Å². The third kappa shape index (κ3) is 6.77. The molecule has 3 fully saturated rings.